The zero-order valence-electron chi connectivity index (χ0n) is 17.1. The van der Waals surface area contributed by atoms with Crippen molar-refractivity contribution in [2.24, 2.45) is 0 Å². The van der Waals surface area contributed by atoms with E-state index in [4.69, 9.17) is 4.74 Å². The van der Waals surface area contributed by atoms with E-state index in [1.54, 1.807) is 42.9 Å². The first-order valence-corrected chi connectivity index (χ1v) is 10.9. The molecule has 1 aromatic heterocycles. The van der Waals surface area contributed by atoms with Crippen molar-refractivity contribution >= 4 is 27.4 Å². The van der Waals surface area contributed by atoms with Crippen LogP contribution in [0.4, 0.5) is 11.5 Å². The summed E-state index contributed by atoms with van der Waals surface area (Å²) in [6, 6.07) is 11.2. The van der Waals surface area contributed by atoms with E-state index < -0.39 is 15.9 Å². The molecule has 3 rings (SSSR count). The van der Waals surface area contributed by atoms with E-state index in [-0.39, 0.29) is 16.2 Å². The quantitative estimate of drug-likeness (QED) is 0.436. The first kappa shape index (κ1) is 22.0. The summed E-state index contributed by atoms with van der Waals surface area (Å²) in [6.45, 7) is 2.65. The maximum atomic E-state index is 12.9. The Hall–Kier alpha value is -3.66. The second-order valence-electron chi connectivity index (χ2n) is 6.61. The summed E-state index contributed by atoms with van der Waals surface area (Å²) in [7, 11) is -2.60. The van der Waals surface area contributed by atoms with E-state index in [1.165, 1.54) is 25.3 Å². The highest BCUT2D eigenvalue weighted by Crippen LogP contribution is 2.27. The summed E-state index contributed by atoms with van der Waals surface area (Å²) in [5.74, 6) is 0.327. The lowest BCUT2D eigenvalue weighted by Crippen LogP contribution is -2.29. The molecule has 0 saturated heterocycles. The van der Waals surface area contributed by atoms with Crippen molar-refractivity contribution in [2.75, 3.05) is 30.2 Å². The van der Waals surface area contributed by atoms with Gasteiger partial charge in [-0.1, -0.05) is 17.7 Å². The minimum Gasteiger partial charge on any atom is -0.495 e. The van der Waals surface area contributed by atoms with Gasteiger partial charge < -0.3 is 15.4 Å². The second kappa shape index (κ2) is 9.90. The number of nitrogens with one attached hydrogen (secondary N) is 3. The van der Waals surface area contributed by atoms with Gasteiger partial charge in [-0.15, -0.1) is 0 Å². The van der Waals surface area contributed by atoms with Gasteiger partial charge in [0.25, 0.3) is 15.9 Å². The lowest BCUT2D eigenvalue weighted by Gasteiger charge is -2.13. The molecule has 0 aliphatic rings. The number of anilines is 2. The number of methoxy groups -OCH3 is 1. The summed E-state index contributed by atoms with van der Waals surface area (Å²) < 4.78 is 33.5. The van der Waals surface area contributed by atoms with Crippen LogP contribution in [0.15, 0.2) is 66.0 Å². The molecule has 0 saturated carbocycles. The van der Waals surface area contributed by atoms with E-state index in [1.807, 2.05) is 6.92 Å². The number of carbonyl (C=O) groups is 1. The van der Waals surface area contributed by atoms with Crippen LogP contribution in [-0.2, 0) is 10.0 Å². The molecule has 162 valence electrons. The molecule has 0 aliphatic carbocycles. The topological polar surface area (TPSA) is 122 Å². The largest absolute Gasteiger partial charge is 0.495 e. The van der Waals surface area contributed by atoms with Crippen molar-refractivity contribution in [3.05, 3.63) is 72.2 Å². The van der Waals surface area contributed by atoms with E-state index in [0.29, 0.717) is 24.6 Å². The van der Waals surface area contributed by atoms with Crippen molar-refractivity contribution < 1.29 is 17.9 Å². The van der Waals surface area contributed by atoms with Crippen molar-refractivity contribution in [2.45, 2.75) is 11.8 Å². The highest BCUT2D eigenvalue weighted by atomic mass is 32.2. The van der Waals surface area contributed by atoms with Crippen LogP contribution in [0.1, 0.15) is 15.9 Å². The van der Waals surface area contributed by atoms with Crippen LogP contribution < -0.4 is 20.1 Å². The fraction of sp³-hybridized carbons (Fsp3) is 0.190. The Morgan fingerprint density at radius 1 is 1.06 bits per heavy atom. The Morgan fingerprint density at radius 3 is 2.52 bits per heavy atom. The molecule has 3 aromatic rings. The number of rotatable bonds is 9. The Balaban J connectivity index is 1.70. The molecular weight excluding hydrogens is 418 g/mol. The fourth-order valence-corrected chi connectivity index (χ4v) is 3.97. The molecule has 0 atom stereocenters. The van der Waals surface area contributed by atoms with Gasteiger partial charge >= 0.3 is 0 Å². The van der Waals surface area contributed by atoms with Gasteiger partial charge in [0, 0.05) is 36.7 Å². The molecule has 31 heavy (non-hydrogen) atoms. The maximum absolute atomic E-state index is 12.9. The predicted molar refractivity (Wildman–Crippen MR) is 118 cm³/mol. The lowest BCUT2D eigenvalue weighted by atomic mass is 10.2. The number of sulfonamides is 1. The zero-order chi connectivity index (χ0) is 22.3. The van der Waals surface area contributed by atoms with Gasteiger partial charge in [-0.05, 0) is 37.3 Å². The van der Waals surface area contributed by atoms with E-state index in [9.17, 15) is 13.2 Å². The van der Waals surface area contributed by atoms with Gasteiger partial charge in [0.2, 0.25) is 0 Å². The average molecular weight is 442 g/mol. The monoisotopic (exact) mass is 441 g/mol. The predicted octanol–water partition coefficient (Wildman–Crippen LogP) is 2.44. The first-order valence-electron chi connectivity index (χ1n) is 9.44. The van der Waals surface area contributed by atoms with Gasteiger partial charge in [-0.3, -0.25) is 14.5 Å². The summed E-state index contributed by atoms with van der Waals surface area (Å²) in [4.78, 5) is 20.4. The zero-order valence-corrected chi connectivity index (χ0v) is 17.9. The van der Waals surface area contributed by atoms with Crippen molar-refractivity contribution in [1.82, 2.24) is 15.3 Å². The molecular formula is C21H23N5O4S. The number of amides is 1. The van der Waals surface area contributed by atoms with E-state index in [2.05, 4.69) is 25.3 Å². The van der Waals surface area contributed by atoms with Gasteiger partial charge in [0.15, 0.2) is 0 Å². The van der Waals surface area contributed by atoms with Crippen LogP contribution in [0, 0.1) is 6.92 Å². The molecule has 0 fully saturated rings. The summed E-state index contributed by atoms with van der Waals surface area (Å²) in [5.41, 5.74) is 1.62. The number of aryl methyl sites for hydroxylation is 1. The maximum Gasteiger partial charge on any atom is 0.265 e. The van der Waals surface area contributed by atoms with Gasteiger partial charge in [-0.2, -0.15) is 0 Å². The van der Waals surface area contributed by atoms with Crippen molar-refractivity contribution in [1.29, 1.82) is 0 Å². The highest BCUT2D eigenvalue weighted by molar-refractivity contribution is 7.92. The molecule has 9 nitrogen and oxygen atoms in total. The Labute approximate surface area is 180 Å². The SMILES string of the molecule is COc1ccc(C(=O)NCCNc2cnccn2)cc1S(=O)(=O)Nc1ccc(C)cc1. The Morgan fingerprint density at radius 2 is 1.84 bits per heavy atom. The number of aromatic nitrogens is 2. The normalized spacial score (nSPS) is 10.9. The summed E-state index contributed by atoms with van der Waals surface area (Å²) in [6.07, 6.45) is 4.70. The molecule has 10 heteroatoms. The number of hydrogen-bond acceptors (Lipinski definition) is 7. The molecule has 0 spiro atoms. The van der Waals surface area contributed by atoms with Gasteiger partial charge in [0.05, 0.1) is 13.3 Å². The second-order valence-corrected chi connectivity index (χ2v) is 8.26. The molecule has 0 aliphatic heterocycles. The van der Waals surface area contributed by atoms with Crippen LogP contribution in [0.25, 0.3) is 0 Å². The number of ether oxygens (including phenoxy) is 1. The van der Waals surface area contributed by atoms with Crippen LogP contribution in [-0.4, -0.2) is 44.5 Å². The third-order valence-electron chi connectivity index (χ3n) is 4.30. The minimum absolute atomic E-state index is 0.124. The molecule has 1 amide bonds. The third kappa shape index (κ3) is 5.92. The third-order valence-corrected chi connectivity index (χ3v) is 5.70. The van der Waals surface area contributed by atoms with Crippen molar-refractivity contribution in [3.8, 4) is 5.75 Å². The smallest absolute Gasteiger partial charge is 0.265 e. The molecule has 0 unspecified atom stereocenters. The molecule has 2 aromatic carbocycles. The van der Waals surface area contributed by atoms with E-state index in [0.717, 1.165) is 5.56 Å². The molecule has 1 heterocycles. The highest BCUT2D eigenvalue weighted by Gasteiger charge is 2.22. The first-order chi connectivity index (χ1) is 14.9. The minimum atomic E-state index is -3.97. The van der Waals surface area contributed by atoms with Gasteiger partial charge in [-0.25, -0.2) is 13.4 Å². The Kier molecular flexibility index (Phi) is 7.03. The molecule has 3 N–H and O–H groups in total. The Bertz CT molecular complexity index is 1140. The number of carbonyl (C=O) groups excluding carboxylic acids is 1. The summed E-state index contributed by atoms with van der Waals surface area (Å²) >= 11 is 0. The van der Waals surface area contributed by atoms with Crippen LogP contribution in [0.3, 0.4) is 0 Å². The van der Waals surface area contributed by atoms with Crippen molar-refractivity contribution in [3.63, 3.8) is 0 Å². The fourth-order valence-electron chi connectivity index (χ4n) is 2.72. The molecule has 0 radical (unpaired) electrons. The van der Waals surface area contributed by atoms with Crippen LogP contribution in [0.2, 0.25) is 0 Å². The number of benzene rings is 2. The van der Waals surface area contributed by atoms with Crippen LogP contribution >= 0.6 is 0 Å². The van der Waals surface area contributed by atoms with E-state index >= 15 is 0 Å². The van der Waals surface area contributed by atoms with Gasteiger partial charge in [0.1, 0.15) is 16.5 Å². The molecule has 0 bridgehead atoms. The number of hydrogen-bond donors (Lipinski definition) is 3. The summed E-state index contributed by atoms with van der Waals surface area (Å²) in [5, 5.41) is 5.76. The standard InChI is InChI=1S/C21H23N5O4S/c1-15-3-6-17(7-4-15)26-31(28,29)19-13-16(5-8-18(19)30-2)21(27)25-12-11-24-20-14-22-9-10-23-20/h3-10,13-14,26H,11-12H2,1-2H3,(H,23,24)(H,25,27). The average Bonchev–Trinajstić information content (AvgIpc) is 2.78. The van der Waals surface area contributed by atoms with Crippen LogP contribution in [0.5, 0.6) is 5.75 Å². The number of nitrogens with zero attached hydrogens (tertiary/aromatic N) is 2. The lowest BCUT2D eigenvalue weighted by molar-refractivity contribution is 0.0955.